The molecule has 122 valence electrons. The van der Waals surface area contributed by atoms with Gasteiger partial charge in [-0.1, -0.05) is 19.1 Å². The highest BCUT2D eigenvalue weighted by Crippen LogP contribution is 2.43. The summed E-state index contributed by atoms with van der Waals surface area (Å²) in [6.45, 7) is 7.18. The van der Waals surface area contributed by atoms with Gasteiger partial charge in [-0.25, -0.2) is 4.98 Å². The van der Waals surface area contributed by atoms with E-state index >= 15 is 0 Å². The van der Waals surface area contributed by atoms with E-state index in [4.69, 9.17) is 4.74 Å². The van der Waals surface area contributed by atoms with Gasteiger partial charge >= 0.3 is 0 Å². The Kier molecular flexibility index (Phi) is 5.27. The zero-order valence-corrected chi connectivity index (χ0v) is 15.1. The molecule has 2 nitrogen and oxygen atoms in total. The van der Waals surface area contributed by atoms with Crippen LogP contribution in [0.3, 0.4) is 0 Å². The van der Waals surface area contributed by atoms with Gasteiger partial charge in [-0.15, -0.1) is 11.8 Å². The van der Waals surface area contributed by atoms with Crippen molar-refractivity contribution in [2.45, 2.75) is 57.6 Å². The summed E-state index contributed by atoms with van der Waals surface area (Å²) in [5, 5.41) is 1.10. The summed E-state index contributed by atoms with van der Waals surface area (Å²) in [7, 11) is 0. The zero-order chi connectivity index (χ0) is 16.2. The van der Waals surface area contributed by atoms with Crippen LogP contribution in [0.25, 0.3) is 0 Å². The first kappa shape index (κ1) is 16.4. The van der Waals surface area contributed by atoms with E-state index in [2.05, 4.69) is 44.0 Å². The quantitative estimate of drug-likeness (QED) is 0.613. The van der Waals surface area contributed by atoms with E-state index in [9.17, 15) is 0 Å². The van der Waals surface area contributed by atoms with E-state index in [0.717, 1.165) is 28.9 Å². The Morgan fingerprint density at radius 1 is 1.17 bits per heavy atom. The summed E-state index contributed by atoms with van der Waals surface area (Å²) in [6.07, 6.45) is 5.70. The van der Waals surface area contributed by atoms with Crippen LogP contribution >= 0.6 is 11.8 Å². The van der Waals surface area contributed by atoms with Gasteiger partial charge in [0, 0.05) is 11.8 Å². The standard InChI is InChI=1S/C20H25NOS/c1-4-12-23-20-17(6-5-11-21-20)13-22-19-10-9-18(16-7-8-16)14(2)15(19)3/h5-6,9-11,16H,4,7-8,12-13H2,1-3H3. The molecular weight excluding hydrogens is 302 g/mol. The van der Waals surface area contributed by atoms with Crippen LogP contribution in [0.5, 0.6) is 5.75 Å². The number of pyridine rings is 1. The summed E-state index contributed by atoms with van der Waals surface area (Å²) >= 11 is 1.81. The maximum atomic E-state index is 6.13. The molecule has 1 aromatic carbocycles. The molecule has 0 amide bonds. The van der Waals surface area contributed by atoms with Crippen molar-refractivity contribution in [2.75, 3.05) is 5.75 Å². The Hall–Kier alpha value is -1.48. The molecule has 1 aliphatic carbocycles. The van der Waals surface area contributed by atoms with Gasteiger partial charge < -0.3 is 4.74 Å². The van der Waals surface area contributed by atoms with Crippen LogP contribution in [0.1, 0.15) is 54.4 Å². The van der Waals surface area contributed by atoms with Crippen LogP contribution in [-0.2, 0) is 6.61 Å². The number of nitrogens with zero attached hydrogens (tertiary/aromatic N) is 1. The lowest BCUT2D eigenvalue weighted by molar-refractivity contribution is 0.300. The smallest absolute Gasteiger partial charge is 0.123 e. The molecule has 0 N–H and O–H groups in total. The number of thioether (sulfide) groups is 1. The third-order valence-corrected chi connectivity index (χ3v) is 5.73. The average molecular weight is 327 g/mol. The first-order valence-electron chi connectivity index (χ1n) is 8.50. The normalized spacial score (nSPS) is 14.0. The minimum Gasteiger partial charge on any atom is -0.489 e. The molecule has 3 heteroatoms. The number of benzene rings is 1. The van der Waals surface area contributed by atoms with Crippen molar-refractivity contribution < 1.29 is 4.74 Å². The molecule has 1 fully saturated rings. The Morgan fingerprint density at radius 2 is 2.00 bits per heavy atom. The van der Waals surface area contributed by atoms with Crippen LogP contribution in [0.15, 0.2) is 35.5 Å². The Bertz CT molecular complexity index is 679. The molecule has 1 heterocycles. The van der Waals surface area contributed by atoms with Crippen LogP contribution in [-0.4, -0.2) is 10.7 Å². The van der Waals surface area contributed by atoms with Crippen molar-refractivity contribution in [3.8, 4) is 5.75 Å². The lowest BCUT2D eigenvalue weighted by atomic mass is 9.99. The third-order valence-electron chi connectivity index (χ3n) is 4.47. The molecule has 2 aromatic rings. The second-order valence-corrected chi connectivity index (χ2v) is 7.37. The molecule has 0 spiro atoms. The fourth-order valence-corrected chi connectivity index (χ4v) is 3.67. The first-order valence-corrected chi connectivity index (χ1v) is 9.48. The second-order valence-electron chi connectivity index (χ2n) is 6.28. The highest BCUT2D eigenvalue weighted by atomic mass is 32.2. The minimum atomic E-state index is 0.586. The Labute approximate surface area is 143 Å². The lowest BCUT2D eigenvalue weighted by Crippen LogP contribution is -2.02. The molecule has 1 saturated carbocycles. The first-order chi connectivity index (χ1) is 11.2. The van der Waals surface area contributed by atoms with Gasteiger partial charge in [0.05, 0.1) is 0 Å². The second kappa shape index (κ2) is 7.39. The molecule has 0 saturated heterocycles. The van der Waals surface area contributed by atoms with Crippen LogP contribution in [0, 0.1) is 13.8 Å². The molecule has 0 unspecified atom stereocenters. The van der Waals surface area contributed by atoms with Crippen molar-refractivity contribution in [1.29, 1.82) is 0 Å². The van der Waals surface area contributed by atoms with Crippen LogP contribution in [0.4, 0.5) is 0 Å². The molecule has 0 aliphatic heterocycles. The largest absolute Gasteiger partial charge is 0.489 e. The topological polar surface area (TPSA) is 22.1 Å². The van der Waals surface area contributed by atoms with Gasteiger partial charge in [-0.05, 0) is 73.6 Å². The van der Waals surface area contributed by atoms with E-state index < -0.39 is 0 Å². The van der Waals surface area contributed by atoms with E-state index in [1.807, 2.05) is 24.0 Å². The van der Waals surface area contributed by atoms with Crippen molar-refractivity contribution in [3.05, 3.63) is 52.7 Å². The van der Waals surface area contributed by atoms with E-state index in [1.165, 1.54) is 35.1 Å². The molecule has 1 aliphatic rings. The van der Waals surface area contributed by atoms with E-state index in [-0.39, 0.29) is 0 Å². The molecular formula is C20H25NOS. The number of rotatable bonds is 7. The predicted molar refractivity (Wildman–Crippen MR) is 97.5 cm³/mol. The summed E-state index contributed by atoms with van der Waals surface area (Å²) in [6, 6.07) is 8.51. The number of hydrogen-bond acceptors (Lipinski definition) is 3. The van der Waals surface area contributed by atoms with E-state index in [1.54, 1.807) is 0 Å². The summed E-state index contributed by atoms with van der Waals surface area (Å²) in [4.78, 5) is 4.50. The van der Waals surface area contributed by atoms with Crippen molar-refractivity contribution >= 4 is 11.8 Å². The summed E-state index contributed by atoms with van der Waals surface area (Å²) in [5.41, 5.74) is 5.36. The number of hydrogen-bond donors (Lipinski definition) is 0. The van der Waals surface area contributed by atoms with Gasteiger partial charge in [0.2, 0.25) is 0 Å². The molecule has 0 bridgehead atoms. The minimum absolute atomic E-state index is 0.586. The highest BCUT2D eigenvalue weighted by molar-refractivity contribution is 7.99. The van der Waals surface area contributed by atoms with Crippen LogP contribution < -0.4 is 4.74 Å². The van der Waals surface area contributed by atoms with Gasteiger partial charge in [0.1, 0.15) is 17.4 Å². The fourth-order valence-electron chi connectivity index (χ4n) is 2.83. The van der Waals surface area contributed by atoms with E-state index in [0.29, 0.717) is 6.61 Å². The van der Waals surface area contributed by atoms with Gasteiger partial charge in [0.25, 0.3) is 0 Å². The molecule has 0 radical (unpaired) electrons. The van der Waals surface area contributed by atoms with Gasteiger partial charge in [0.15, 0.2) is 0 Å². The van der Waals surface area contributed by atoms with Gasteiger partial charge in [-0.3, -0.25) is 0 Å². The van der Waals surface area contributed by atoms with Crippen LogP contribution in [0.2, 0.25) is 0 Å². The third kappa shape index (κ3) is 3.89. The predicted octanol–water partition coefficient (Wildman–Crippen LogP) is 5.66. The van der Waals surface area contributed by atoms with Crippen molar-refractivity contribution in [3.63, 3.8) is 0 Å². The Morgan fingerprint density at radius 3 is 2.74 bits per heavy atom. The van der Waals surface area contributed by atoms with Crippen molar-refractivity contribution in [1.82, 2.24) is 4.98 Å². The maximum Gasteiger partial charge on any atom is 0.123 e. The Balaban J connectivity index is 1.72. The maximum absolute atomic E-state index is 6.13. The molecule has 0 atom stereocenters. The molecule has 23 heavy (non-hydrogen) atoms. The van der Waals surface area contributed by atoms with Gasteiger partial charge in [-0.2, -0.15) is 0 Å². The van der Waals surface area contributed by atoms with Crippen molar-refractivity contribution in [2.24, 2.45) is 0 Å². The summed E-state index contributed by atoms with van der Waals surface area (Å²) < 4.78 is 6.13. The number of aromatic nitrogens is 1. The highest BCUT2D eigenvalue weighted by Gasteiger charge is 2.26. The fraction of sp³-hybridized carbons (Fsp3) is 0.450. The molecule has 3 rings (SSSR count). The summed E-state index contributed by atoms with van der Waals surface area (Å²) in [5.74, 6) is 2.89. The monoisotopic (exact) mass is 327 g/mol. The molecule has 1 aromatic heterocycles. The number of ether oxygens (including phenoxy) is 1. The SMILES string of the molecule is CCCSc1ncccc1COc1ccc(C2CC2)c(C)c1C. The zero-order valence-electron chi connectivity index (χ0n) is 14.3. The average Bonchev–Trinajstić information content (AvgIpc) is 3.40. The lowest BCUT2D eigenvalue weighted by Gasteiger charge is -2.15.